The van der Waals surface area contributed by atoms with Crippen molar-refractivity contribution in [3.63, 3.8) is 0 Å². The monoisotopic (exact) mass is 292 g/mol. The van der Waals surface area contributed by atoms with Gasteiger partial charge < -0.3 is 0 Å². The molecule has 0 aromatic carbocycles. The first-order valence-electron chi connectivity index (χ1n) is 8.32. The van der Waals surface area contributed by atoms with Crippen LogP contribution in [0.1, 0.15) is 38.5 Å². The first kappa shape index (κ1) is 18.0. The van der Waals surface area contributed by atoms with E-state index in [0.29, 0.717) is 0 Å². The van der Waals surface area contributed by atoms with Crippen molar-refractivity contribution in [3.05, 3.63) is 97.2 Å². The van der Waals surface area contributed by atoms with Crippen LogP contribution in [-0.2, 0) is 0 Å². The minimum atomic E-state index is 1.18. The summed E-state index contributed by atoms with van der Waals surface area (Å²) in [5.74, 6) is 0. The van der Waals surface area contributed by atoms with Gasteiger partial charge in [0.15, 0.2) is 0 Å². The fraction of sp³-hybridized carbons (Fsp3) is 0.273. The van der Waals surface area contributed by atoms with Crippen molar-refractivity contribution in [3.8, 4) is 0 Å². The van der Waals surface area contributed by atoms with Gasteiger partial charge in [-0.05, 0) is 25.7 Å². The Balaban J connectivity index is 2.46. The van der Waals surface area contributed by atoms with Gasteiger partial charge in [-0.3, -0.25) is 0 Å². The van der Waals surface area contributed by atoms with Crippen molar-refractivity contribution in [2.75, 3.05) is 0 Å². The molecule has 0 amide bonds. The summed E-state index contributed by atoms with van der Waals surface area (Å²) >= 11 is 0. The standard InChI is InChI=1S/C22H28/c1-2-4-6-8-10-12-14-16-18-20-22-21-19-17-15-13-11-9-7-5-3-1/h1-16H,17-22H2. The van der Waals surface area contributed by atoms with Gasteiger partial charge in [-0.15, -0.1) is 0 Å². The molecule has 1 aliphatic rings. The highest BCUT2D eigenvalue weighted by molar-refractivity contribution is 5.21. The molecule has 0 radical (unpaired) electrons. The molecule has 0 heterocycles. The topological polar surface area (TPSA) is 0 Å². The van der Waals surface area contributed by atoms with E-state index in [-0.39, 0.29) is 0 Å². The number of hydrogen-bond acceptors (Lipinski definition) is 0. The average molecular weight is 292 g/mol. The van der Waals surface area contributed by atoms with E-state index < -0.39 is 0 Å². The summed E-state index contributed by atoms with van der Waals surface area (Å²) in [6, 6.07) is 0. The van der Waals surface area contributed by atoms with E-state index in [1.54, 1.807) is 0 Å². The van der Waals surface area contributed by atoms with Crippen LogP contribution in [-0.4, -0.2) is 0 Å². The molecule has 0 fully saturated rings. The molecule has 0 atom stereocenters. The second-order valence-corrected chi connectivity index (χ2v) is 5.16. The van der Waals surface area contributed by atoms with Gasteiger partial charge in [0.2, 0.25) is 0 Å². The maximum atomic E-state index is 2.26. The Labute approximate surface area is 136 Å². The molecule has 0 heteroatoms. The molecule has 1 aliphatic carbocycles. The molecule has 0 spiro atoms. The lowest BCUT2D eigenvalue weighted by Gasteiger charge is -1.96. The molecule has 0 nitrogen and oxygen atoms in total. The number of rotatable bonds is 0. The van der Waals surface area contributed by atoms with E-state index in [4.69, 9.17) is 0 Å². The Morgan fingerprint density at radius 2 is 0.545 bits per heavy atom. The highest BCUT2D eigenvalue weighted by Crippen LogP contribution is 2.06. The second kappa shape index (κ2) is 15.3. The molecule has 0 bridgehead atoms. The van der Waals surface area contributed by atoms with Crippen LogP contribution < -0.4 is 0 Å². The highest BCUT2D eigenvalue weighted by Gasteiger charge is 1.86. The maximum Gasteiger partial charge on any atom is -0.0348 e. The van der Waals surface area contributed by atoms with Gasteiger partial charge in [0.05, 0.1) is 0 Å². The van der Waals surface area contributed by atoms with Gasteiger partial charge in [-0.25, -0.2) is 0 Å². The van der Waals surface area contributed by atoms with Crippen LogP contribution in [0.5, 0.6) is 0 Å². The van der Waals surface area contributed by atoms with Crippen molar-refractivity contribution in [1.29, 1.82) is 0 Å². The predicted octanol–water partition coefficient (Wildman–Crippen LogP) is 6.79. The van der Waals surface area contributed by atoms with Gasteiger partial charge in [-0.2, -0.15) is 0 Å². The Kier molecular flexibility index (Phi) is 12.5. The molecule has 0 aliphatic heterocycles. The Hall–Kier alpha value is -2.08. The molecular weight excluding hydrogens is 264 g/mol. The minimum Gasteiger partial charge on any atom is -0.0845 e. The van der Waals surface area contributed by atoms with Crippen molar-refractivity contribution >= 4 is 0 Å². The summed E-state index contributed by atoms with van der Waals surface area (Å²) in [4.78, 5) is 0. The third-order valence-corrected chi connectivity index (χ3v) is 3.21. The molecule has 0 N–H and O–H groups in total. The molecule has 0 saturated heterocycles. The highest BCUT2D eigenvalue weighted by atomic mass is 13.9. The fourth-order valence-electron chi connectivity index (χ4n) is 2.00. The molecule has 116 valence electrons. The van der Waals surface area contributed by atoms with Gasteiger partial charge in [0.1, 0.15) is 0 Å². The maximum absolute atomic E-state index is 2.26. The number of hydrogen-bond donors (Lipinski definition) is 0. The first-order chi connectivity index (χ1) is 11.0. The van der Waals surface area contributed by atoms with Crippen LogP contribution in [0.4, 0.5) is 0 Å². The van der Waals surface area contributed by atoms with E-state index in [9.17, 15) is 0 Å². The summed E-state index contributed by atoms with van der Waals surface area (Å²) < 4.78 is 0. The predicted molar refractivity (Wildman–Crippen MR) is 101 cm³/mol. The van der Waals surface area contributed by atoms with E-state index in [0.717, 1.165) is 0 Å². The summed E-state index contributed by atoms with van der Waals surface area (Å²) in [6.45, 7) is 0. The molecule has 0 aromatic rings. The third kappa shape index (κ3) is 12.9. The molecule has 1 rings (SSSR count). The zero-order valence-corrected chi connectivity index (χ0v) is 13.5. The zero-order chi connectivity index (χ0) is 15.6. The smallest absolute Gasteiger partial charge is 0.0348 e. The van der Waals surface area contributed by atoms with Gasteiger partial charge in [0.25, 0.3) is 0 Å². The van der Waals surface area contributed by atoms with Crippen LogP contribution in [0, 0.1) is 0 Å². The molecule has 0 saturated carbocycles. The first-order valence-corrected chi connectivity index (χ1v) is 8.32. The summed E-state index contributed by atoms with van der Waals surface area (Å²) in [5.41, 5.74) is 0. The van der Waals surface area contributed by atoms with E-state index >= 15 is 0 Å². The number of allylic oxidation sites excluding steroid dienone is 16. The van der Waals surface area contributed by atoms with Crippen LogP contribution >= 0.6 is 0 Å². The minimum absolute atomic E-state index is 1.18. The van der Waals surface area contributed by atoms with Crippen molar-refractivity contribution in [2.45, 2.75) is 38.5 Å². The lowest BCUT2D eigenvalue weighted by molar-refractivity contribution is 0.652. The Bertz CT molecular complexity index is 430. The Morgan fingerprint density at radius 3 is 0.864 bits per heavy atom. The van der Waals surface area contributed by atoms with Crippen LogP contribution in [0.15, 0.2) is 97.2 Å². The van der Waals surface area contributed by atoms with E-state index in [1.807, 2.05) is 48.6 Å². The van der Waals surface area contributed by atoms with Gasteiger partial charge in [-0.1, -0.05) is 110 Å². The van der Waals surface area contributed by atoms with Crippen molar-refractivity contribution in [1.82, 2.24) is 0 Å². The molecule has 22 heavy (non-hydrogen) atoms. The lowest BCUT2D eigenvalue weighted by atomic mass is 10.1. The third-order valence-electron chi connectivity index (χ3n) is 3.21. The van der Waals surface area contributed by atoms with E-state index in [2.05, 4.69) is 48.6 Å². The van der Waals surface area contributed by atoms with Crippen molar-refractivity contribution in [2.24, 2.45) is 0 Å². The molecule has 0 unspecified atom stereocenters. The summed E-state index contributed by atoms with van der Waals surface area (Å²) in [6.07, 6.45) is 41.0. The quantitative estimate of drug-likeness (QED) is 0.461. The van der Waals surface area contributed by atoms with Crippen molar-refractivity contribution < 1.29 is 0 Å². The van der Waals surface area contributed by atoms with Gasteiger partial charge in [0, 0.05) is 0 Å². The zero-order valence-electron chi connectivity index (χ0n) is 13.5. The second-order valence-electron chi connectivity index (χ2n) is 5.16. The normalized spacial score (nSPS) is 18.2. The average Bonchev–Trinajstić information content (AvgIpc) is 2.53. The molecular formula is C22H28. The van der Waals surface area contributed by atoms with Crippen LogP contribution in [0.2, 0.25) is 0 Å². The molecule has 0 aromatic heterocycles. The lowest BCUT2D eigenvalue weighted by Crippen LogP contribution is -1.76. The SMILES string of the molecule is C1=CC=CC=CC=CCCCCCCC=CC=CC=CC=C1. The largest absolute Gasteiger partial charge is 0.0845 e. The Morgan fingerprint density at radius 1 is 0.273 bits per heavy atom. The van der Waals surface area contributed by atoms with Crippen LogP contribution in [0.25, 0.3) is 0 Å². The fourth-order valence-corrected chi connectivity index (χ4v) is 2.00. The summed E-state index contributed by atoms with van der Waals surface area (Å²) in [7, 11) is 0. The summed E-state index contributed by atoms with van der Waals surface area (Å²) in [5, 5.41) is 0. The van der Waals surface area contributed by atoms with Gasteiger partial charge >= 0.3 is 0 Å². The van der Waals surface area contributed by atoms with Crippen LogP contribution in [0.3, 0.4) is 0 Å². The van der Waals surface area contributed by atoms with E-state index in [1.165, 1.54) is 38.5 Å².